The molecule has 1 N–H and O–H groups in total. The fraction of sp³-hybridized carbons (Fsp3) is 0.375. The first kappa shape index (κ1) is 16.3. The smallest absolute Gasteiger partial charge is 0.232 e. The number of nitriles is 1. The van der Waals surface area contributed by atoms with Crippen molar-refractivity contribution in [1.82, 2.24) is 9.88 Å². The number of nitrogens with one attached hydrogen (secondary N) is 1. The Morgan fingerprint density at radius 2 is 2.14 bits per heavy atom. The van der Waals surface area contributed by atoms with Crippen molar-refractivity contribution in [3.05, 3.63) is 46.4 Å². The Morgan fingerprint density at radius 3 is 2.73 bits per heavy atom. The van der Waals surface area contributed by atoms with Gasteiger partial charge >= 0.3 is 0 Å². The molecule has 1 atom stereocenters. The number of hydrogen-bond acceptors (Lipinski definition) is 5. The zero-order valence-corrected chi connectivity index (χ0v) is 13.7. The van der Waals surface area contributed by atoms with E-state index in [0.717, 1.165) is 10.6 Å². The lowest BCUT2D eigenvalue weighted by atomic mass is 10.1. The molecule has 0 amide bonds. The Balaban J connectivity index is 2.19. The Kier molecular flexibility index (Phi) is 5.42. The highest BCUT2D eigenvalue weighted by Gasteiger charge is 2.19. The van der Waals surface area contributed by atoms with Crippen molar-refractivity contribution in [2.45, 2.75) is 19.4 Å². The van der Waals surface area contributed by atoms with E-state index in [1.54, 1.807) is 0 Å². The highest BCUT2D eigenvalue weighted by atomic mass is 35.5. The third-order valence-corrected chi connectivity index (χ3v) is 3.77. The fourth-order valence-corrected chi connectivity index (χ4v) is 2.48. The second-order valence-electron chi connectivity index (χ2n) is 5.13. The van der Waals surface area contributed by atoms with Crippen molar-refractivity contribution in [2.75, 3.05) is 26.0 Å². The third-order valence-electron chi connectivity index (χ3n) is 3.42. The molecule has 0 unspecified atom stereocenters. The second-order valence-corrected chi connectivity index (χ2v) is 5.54. The van der Waals surface area contributed by atoms with Crippen LogP contribution in [0.1, 0.15) is 30.1 Å². The van der Waals surface area contributed by atoms with E-state index in [1.165, 1.54) is 0 Å². The molecule has 0 saturated heterocycles. The lowest BCUT2D eigenvalue weighted by Gasteiger charge is -2.25. The Hall–Kier alpha value is -2.03. The molecule has 0 aliphatic heterocycles. The van der Waals surface area contributed by atoms with E-state index in [-0.39, 0.29) is 11.7 Å². The predicted octanol–water partition coefficient (Wildman–Crippen LogP) is 3.48. The van der Waals surface area contributed by atoms with Crippen molar-refractivity contribution >= 4 is 17.5 Å². The number of hydrogen-bond donors (Lipinski definition) is 1. The number of benzene rings is 1. The molecule has 22 heavy (non-hydrogen) atoms. The molecule has 0 aliphatic rings. The summed E-state index contributed by atoms with van der Waals surface area (Å²) in [4.78, 5) is 6.20. The summed E-state index contributed by atoms with van der Waals surface area (Å²) in [6.07, 6.45) is 0.651. The molecule has 2 rings (SSSR count). The molecule has 116 valence electrons. The van der Waals surface area contributed by atoms with Crippen LogP contribution in [-0.4, -0.2) is 30.5 Å². The molecule has 0 radical (unpaired) electrons. The van der Waals surface area contributed by atoms with E-state index in [0.29, 0.717) is 24.7 Å². The fourth-order valence-electron chi connectivity index (χ4n) is 2.22. The molecule has 0 bridgehead atoms. The number of oxazole rings is 1. The van der Waals surface area contributed by atoms with E-state index in [2.05, 4.69) is 15.2 Å². The Labute approximate surface area is 135 Å². The molecule has 6 heteroatoms. The molecule has 2 aromatic rings. The van der Waals surface area contributed by atoms with Crippen LogP contribution in [0.15, 0.2) is 28.7 Å². The van der Waals surface area contributed by atoms with Crippen LogP contribution in [0, 0.1) is 11.3 Å². The number of anilines is 1. The van der Waals surface area contributed by atoms with Crippen LogP contribution in [0.3, 0.4) is 0 Å². The van der Waals surface area contributed by atoms with Gasteiger partial charge in [-0.3, -0.25) is 0 Å². The molecule has 0 aliphatic carbocycles. The van der Waals surface area contributed by atoms with Crippen LogP contribution in [0.5, 0.6) is 0 Å². The van der Waals surface area contributed by atoms with E-state index >= 15 is 0 Å². The van der Waals surface area contributed by atoms with E-state index in [4.69, 9.17) is 21.3 Å². The summed E-state index contributed by atoms with van der Waals surface area (Å²) in [5.41, 5.74) is 1.31. The molecule has 0 spiro atoms. The summed E-state index contributed by atoms with van der Waals surface area (Å²) >= 11 is 6.29. The van der Waals surface area contributed by atoms with Gasteiger partial charge in [-0.15, -0.1) is 0 Å². The average molecular weight is 319 g/mol. The summed E-state index contributed by atoms with van der Waals surface area (Å²) in [5.74, 6) is 0.969. The summed E-state index contributed by atoms with van der Waals surface area (Å²) in [6.45, 7) is 2.49. The van der Waals surface area contributed by atoms with Crippen LogP contribution in [0.25, 0.3) is 0 Å². The van der Waals surface area contributed by atoms with Crippen LogP contribution in [0.4, 0.5) is 5.88 Å². The molecule has 1 aromatic heterocycles. The Bertz CT molecular complexity index is 675. The van der Waals surface area contributed by atoms with Gasteiger partial charge in [0.25, 0.3) is 0 Å². The van der Waals surface area contributed by atoms with Gasteiger partial charge in [-0.2, -0.15) is 5.26 Å². The van der Waals surface area contributed by atoms with E-state index < -0.39 is 0 Å². The number of nitrogens with zero attached hydrogens (tertiary/aromatic N) is 3. The SMILES string of the molecule is CCc1nc(C#N)c(NC[C@H](c2ccccc2Cl)N(C)C)o1. The first-order valence-corrected chi connectivity index (χ1v) is 7.49. The molecular formula is C16H19ClN4O. The second kappa shape index (κ2) is 7.30. The topological polar surface area (TPSA) is 65.1 Å². The summed E-state index contributed by atoms with van der Waals surface area (Å²) in [7, 11) is 3.97. The van der Waals surface area contributed by atoms with Gasteiger partial charge in [0.1, 0.15) is 6.07 Å². The highest BCUT2D eigenvalue weighted by molar-refractivity contribution is 6.31. The van der Waals surface area contributed by atoms with Gasteiger partial charge in [-0.25, -0.2) is 4.98 Å². The quantitative estimate of drug-likeness (QED) is 0.883. The van der Waals surface area contributed by atoms with Crippen LogP contribution in [0.2, 0.25) is 5.02 Å². The van der Waals surface area contributed by atoms with Gasteiger partial charge in [0.15, 0.2) is 5.89 Å². The number of aryl methyl sites for hydroxylation is 1. The minimum Gasteiger partial charge on any atom is -0.424 e. The zero-order valence-electron chi connectivity index (χ0n) is 12.9. The number of halogens is 1. The monoisotopic (exact) mass is 318 g/mol. The summed E-state index contributed by atoms with van der Waals surface area (Å²) in [6, 6.07) is 9.84. The normalized spacial score (nSPS) is 12.2. The van der Waals surface area contributed by atoms with Gasteiger partial charge in [-0.1, -0.05) is 36.7 Å². The minimum atomic E-state index is 0.0513. The molecule has 1 heterocycles. The van der Waals surface area contributed by atoms with Crippen molar-refractivity contribution < 1.29 is 4.42 Å². The van der Waals surface area contributed by atoms with Gasteiger partial charge in [0.2, 0.25) is 11.6 Å². The van der Waals surface area contributed by atoms with Crippen molar-refractivity contribution in [2.24, 2.45) is 0 Å². The minimum absolute atomic E-state index is 0.0513. The van der Waals surface area contributed by atoms with Crippen LogP contribution >= 0.6 is 11.6 Å². The zero-order chi connectivity index (χ0) is 16.1. The Morgan fingerprint density at radius 1 is 1.41 bits per heavy atom. The van der Waals surface area contributed by atoms with Gasteiger partial charge < -0.3 is 14.6 Å². The predicted molar refractivity (Wildman–Crippen MR) is 87.0 cm³/mol. The van der Waals surface area contributed by atoms with Crippen molar-refractivity contribution in [3.63, 3.8) is 0 Å². The molecular weight excluding hydrogens is 300 g/mol. The first-order chi connectivity index (χ1) is 10.6. The number of aromatic nitrogens is 1. The largest absolute Gasteiger partial charge is 0.424 e. The van der Waals surface area contributed by atoms with Crippen LogP contribution < -0.4 is 5.32 Å². The molecule has 1 aromatic carbocycles. The maximum Gasteiger partial charge on any atom is 0.232 e. The standard InChI is InChI=1S/C16H19ClN4O/c1-4-15-20-13(9-18)16(22-15)19-10-14(21(2)3)11-7-5-6-8-12(11)17/h5-8,14,19H,4,10H2,1-3H3/t14-/m1/s1. The number of likely N-dealkylation sites (N-methyl/N-ethyl adjacent to an activating group) is 1. The van der Waals surface area contributed by atoms with Gasteiger partial charge in [-0.05, 0) is 25.7 Å². The maximum absolute atomic E-state index is 9.12. The van der Waals surface area contributed by atoms with Crippen molar-refractivity contribution in [1.29, 1.82) is 5.26 Å². The molecule has 0 saturated carbocycles. The third kappa shape index (κ3) is 3.59. The maximum atomic E-state index is 9.12. The highest BCUT2D eigenvalue weighted by Crippen LogP contribution is 2.27. The van der Waals surface area contributed by atoms with Gasteiger partial charge in [0.05, 0.1) is 6.04 Å². The lowest BCUT2D eigenvalue weighted by molar-refractivity contribution is 0.310. The summed E-state index contributed by atoms with van der Waals surface area (Å²) in [5, 5.41) is 13.0. The molecule has 5 nitrogen and oxygen atoms in total. The van der Waals surface area contributed by atoms with Crippen molar-refractivity contribution in [3.8, 4) is 6.07 Å². The first-order valence-electron chi connectivity index (χ1n) is 7.11. The lowest BCUT2D eigenvalue weighted by Crippen LogP contribution is -2.27. The average Bonchev–Trinajstić information content (AvgIpc) is 2.91. The van der Waals surface area contributed by atoms with Crippen LogP contribution in [-0.2, 0) is 6.42 Å². The molecule has 0 fully saturated rings. The van der Waals surface area contributed by atoms with E-state index in [9.17, 15) is 0 Å². The van der Waals surface area contributed by atoms with Gasteiger partial charge in [0, 0.05) is 18.0 Å². The number of rotatable bonds is 6. The summed E-state index contributed by atoms with van der Waals surface area (Å²) < 4.78 is 5.55. The van der Waals surface area contributed by atoms with E-state index in [1.807, 2.05) is 51.4 Å².